The van der Waals surface area contributed by atoms with Gasteiger partial charge in [-0.1, -0.05) is 71.0 Å². The highest BCUT2D eigenvalue weighted by Gasteiger charge is 2.31. The van der Waals surface area contributed by atoms with Gasteiger partial charge in [-0.15, -0.1) is 0 Å². The number of ether oxygens (including phenoxy) is 2. The van der Waals surface area contributed by atoms with Crippen LogP contribution in [0.1, 0.15) is 84.9 Å². The summed E-state index contributed by atoms with van der Waals surface area (Å²) in [7, 11) is 0. The third-order valence-electron chi connectivity index (χ3n) is 7.37. The maximum absolute atomic E-state index is 12.2. The molecular weight excluding hydrogens is 474 g/mol. The van der Waals surface area contributed by atoms with Crippen LogP contribution in [0.4, 0.5) is 10.5 Å². The molecular formula is C33H45NO4. The highest BCUT2D eigenvalue weighted by atomic mass is 16.6. The number of fused-ring (bicyclic) bond motifs is 1. The summed E-state index contributed by atoms with van der Waals surface area (Å²) in [5.74, 6) is 0.807. The Balaban J connectivity index is 1.88. The van der Waals surface area contributed by atoms with Crippen molar-refractivity contribution < 1.29 is 19.4 Å². The number of amides is 1. The predicted molar refractivity (Wildman–Crippen MR) is 157 cm³/mol. The van der Waals surface area contributed by atoms with Crippen LogP contribution in [0.15, 0.2) is 54.6 Å². The number of aryl methyl sites for hydroxylation is 1. The largest absolute Gasteiger partial charge is 0.491 e. The van der Waals surface area contributed by atoms with E-state index in [2.05, 4.69) is 56.4 Å². The summed E-state index contributed by atoms with van der Waals surface area (Å²) in [5.41, 5.74) is 3.38. The van der Waals surface area contributed by atoms with Crippen molar-refractivity contribution in [2.45, 2.75) is 92.3 Å². The van der Waals surface area contributed by atoms with Gasteiger partial charge in [0.05, 0.1) is 6.10 Å². The minimum atomic E-state index is -0.546. The van der Waals surface area contributed by atoms with Gasteiger partial charge in [0.1, 0.15) is 18.0 Å². The van der Waals surface area contributed by atoms with Crippen LogP contribution < -0.4 is 10.1 Å². The zero-order chi connectivity index (χ0) is 28.3. The van der Waals surface area contributed by atoms with E-state index in [9.17, 15) is 9.90 Å². The third-order valence-corrected chi connectivity index (χ3v) is 7.37. The summed E-state index contributed by atoms with van der Waals surface area (Å²) in [5, 5.41) is 15.4. The van der Waals surface area contributed by atoms with Crippen molar-refractivity contribution in [3.05, 3.63) is 71.3 Å². The lowest BCUT2D eigenvalue weighted by atomic mass is 9.70. The number of carbonyl (C=O) groups is 1. The van der Waals surface area contributed by atoms with Crippen molar-refractivity contribution in [2.75, 3.05) is 11.9 Å². The number of carbonyl (C=O) groups excluding carboxylic acids is 1. The first-order chi connectivity index (χ1) is 17.7. The van der Waals surface area contributed by atoms with E-state index in [1.807, 2.05) is 65.8 Å². The molecule has 0 radical (unpaired) electrons. The zero-order valence-corrected chi connectivity index (χ0v) is 24.6. The molecule has 0 aliphatic rings. The van der Waals surface area contributed by atoms with E-state index >= 15 is 0 Å². The quantitative estimate of drug-likeness (QED) is 0.314. The van der Waals surface area contributed by atoms with Crippen molar-refractivity contribution in [1.82, 2.24) is 0 Å². The Bertz CT molecular complexity index is 1260. The smallest absolute Gasteiger partial charge is 0.412 e. The second-order valence-corrected chi connectivity index (χ2v) is 12.4. The number of aliphatic hydroxyl groups excluding tert-OH is 1. The Morgan fingerprint density at radius 1 is 0.868 bits per heavy atom. The van der Waals surface area contributed by atoms with Gasteiger partial charge in [-0.25, -0.2) is 4.79 Å². The predicted octanol–water partition coefficient (Wildman–Crippen LogP) is 8.39. The molecule has 5 heteroatoms. The maximum atomic E-state index is 12.2. The van der Waals surface area contributed by atoms with E-state index in [-0.39, 0.29) is 17.4 Å². The summed E-state index contributed by atoms with van der Waals surface area (Å²) in [6.45, 7) is 18.4. The first-order valence-electron chi connectivity index (χ1n) is 13.6. The molecule has 0 bridgehead atoms. The van der Waals surface area contributed by atoms with Gasteiger partial charge in [0.15, 0.2) is 0 Å². The van der Waals surface area contributed by atoms with Gasteiger partial charge < -0.3 is 14.6 Å². The van der Waals surface area contributed by atoms with Crippen LogP contribution in [0.2, 0.25) is 0 Å². The van der Waals surface area contributed by atoms with E-state index < -0.39 is 17.8 Å². The highest BCUT2D eigenvalue weighted by molar-refractivity contribution is 5.91. The lowest BCUT2D eigenvalue weighted by molar-refractivity contribution is 0.0216. The van der Waals surface area contributed by atoms with Gasteiger partial charge in [0.2, 0.25) is 0 Å². The van der Waals surface area contributed by atoms with Gasteiger partial charge >= 0.3 is 6.09 Å². The Morgan fingerprint density at radius 3 is 2.03 bits per heavy atom. The number of anilines is 1. The summed E-state index contributed by atoms with van der Waals surface area (Å²) in [6, 6.07) is 19.0. The molecule has 5 nitrogen and oxygen atoms in total. The van der Waals surface area contributed by atoms with Gasteiger partial charge in [-0.2, -0.15) is 0 Å². The Hall–Kier alpha value is -3.05. The number of benzene rings is 3. The average Bonchev–Trinajstić information content (AvgIpc) is 2.82. The molecule has 3 aromatic rings. The SMILES string of the molecule is CCC(CC)(c1ccc(OCC(O)C(C)(C)C)c(C)c1)c1ccc2cc(NC(=O)OC(C)(C)C)ccc2c1. The van der Waals surface area contributed by atoms with Crippen molar-refractivity contribution >= 4 is 22.6 Å². The molecule has 0 aliphatic carbocycles. The molecule has 1 unspecified atom stereocenters. The monoisotopic (exact) mass is 519 g/mol. The fourth-order valence-corrected chi connectivity index (χ4v) is 4.80. The van der Waals surface area contributed by atoms with E-state index in [0.717, 1.165) is 34.9 Å². The molecule has 1 atom stereocenters. The van der Waals surface area contributed by atoms with Crippen LogP contribution in [0.5, 0.6) is 5.75 Å². The molecule has 38 heavy (non-hydrogen) atoms. The van der Waals surface area contributed by atoms with Gasteiger partial charge in [0.25, 0.3) is 0 Å². The molecule has 2 N–H and O–H groups in total. The van der Waals surface area contributed by atoms with Crippen molar-refractivity contribution in [3.63, 3.8) is 0 Å². The molecule has 0 fully saturated rings. The maximum Gasteiger partial charge on any atom is 0.412 e. The minimum Gasteiger partial charge on any atom is -0.491 e. The summed E-state index contributed by atoms with van der Waals surface area (Å²) >= 11 is 0. The molecule has 3 rings (SSSR count). The molecule has 0 saturated carbocycles. The van der Waals surface area contributed by atoms with Gasteiger partial charge in [0, 0.05) is 11.1 Å². The first-order valence-corrected chi connectivity index (χ1v) is 13.6. The lowest BCUT2D eigenvalue weighted by Crippen LogP contribution is -2.32. The van der Waals surface area contributed by atoms with Gasteiger partial charge in [-0.05, 0) is 91.6 Å². The van der Waals surface area contributed by atoms with Crippen LogP contribution in [-0.2, 0) is 10.2 Å². The number of nitrogens with one attached hydrogen (secondary N) is 1. The highest BCUT2D eigenvalue weighted by Crippen LogP contribution is 2.41. The number of rotatable bonds is 8. The molecule has 0 spiro atoms. The topological polar surface area (TPSA) is 67.8 Å². The number of aliphatic hydroxyl groups is 1. The molecule has 0 aliphatic heterocycles. The van der Waals surface area contributed by atoms with E-state index in [0.29, 0.717) is 5.69 Å². The van der Waals surface area contributed by atoms with E-state index in [1.54, 1.807) is 0 Å². The average molecular weight is 520 g/mol. The Kier molecular flexibility index (Phi) is 8.82. The van der Waals surface area contributed by atoms with Crippen LogP contribution in [-0.4, -0.2) is 29.5 Å². The fourth-order valence-electron chi connectivity index (χ4n) is 4.80. The standard InChI is InChI=1S/C33H45NO4/c1-10-33(11-2,25-15-17-28(22(3)18-25)37-21-29(35)31(4,5)6)26-14-12-24-20-27(16-13-23(24)19-26)34-30(36)38-32(7,8)9/h12-20,29,35H,10-11,21H2,1-9H3,(H,34,36). The van der Waals surface area contributed by atoms with E-state index in [1.165, 1.54) is 11.1 Å². The molecule has 206 valence electrons. The Morgan fingerprint density at radius 2 is 1.45 bits per heavy atom. The molecule has 0 heterocycles. The number of hydrogen-bond donors (Lipinski definition) is 2. The first kappa shape index (κ1) is 29.5. The minimum absolute atomic E-state index is 0.143. The summed E-state index contributed by atoms with van der Waals surface area (Å²) in [6.07, 6.45) is 0.912. The van der Waals surface area contributed by atoms with Crippen LogP contribution in [0.3, 0.4) is 0 Å². The van der Waals surface area contributed by atoms with Crippen LogP contribution in [0.25, 0.3) is 10.8 Å². The Labute approximate surface area is 228 Å². The zero-order valence-electron chi connectivity index (χ0n) is 24.6. The van der Waals surface area contributed by atoms with Crippen molar-refractivity contribution in [1.29, 1.82) is 0 Å². The lowest BCUT2D eigenvalue weighted by Gasteiger charge is -2.34. The normalized spacial score (nSPS) is 13.3. The fraction of sp³-hybridized carbons (Fsp3) is 0.485. The molecule has 3 aromatic carbocycles. The second-order valence-electron chi connectivity index (χ2n) is 12.4. The molecule has 0 aromatic heterocycles. The third kappa shape index (κ3) is 6.87. The van der Waals surface area contributed by atoms with Crippen molar-refractivity contribution in [3.8, 4) is 5.75 Å². The number of hydrogen-bond acceptors (Lipinski definition) is 4. The van der Waals surface area contributed by atoms with Crippen LogP contribution >= 0.6 is 0 Å². The van der Waals surface area contributed by atoms with Crippen molar-refractivity contribution in [2.24, 2.45) is 5.41 Å². The van der Waals surface area contributed by atoms with Crippen LogP contribution in [0, 0.1) is 12.3 Å². The van der Waals surface area contributed by atoms with E-state index in [4.69, 9.17) is 9.47 Å². The summed E-state index contributed by atoms with van der Waals surface area (Å²) in [4.78, 5) is 12.2. The second kappa shape index (κ2) is 11.4. The molecule has 0 saturated heterocycles. The molecule has 1 amide bonds. The van der Waals surface area contributed by atoms with Gasteiger partial charge in [-0.3, -0.25) is 5.32 Å². The summed E-state index contributed by atoms with van der Waals surface area (Å²) < 4.78 is 11.4.